The number of nitrogens with two attached hydrogens (primary N) is 1. The number of halogens is 2. The van der Waals surface area contributed by atoms with E-state index in [2.05, 4.69) is 19.8 Å². The summed E-state index contributed by atoms with van der Waals surface area (Å²) in [6.45, 7) is 5.01. The van der Waals surface area contributed by atoms with Crippen molar-refractivity contribution in [3.05, 3.63) is 54.0 Å². The molecular formula is C21H27FIN5O2. The maximum absolute atomic E-state index is 13.1. The summed E-state index contributed by atoms with van der Waals surface area (Å²) in [5.41, 5.74) is 8.24. The summed E-state index contributed by atoms with van der Waals surface area (Å²) in [5.74, 6) is 0.914. The van der Waals surface area contributed by atoms with Crippen molar-refractivity contribution in [1.29, 1.82) is 0 Å². The number of pyridine rings is 1. The summed E-state index contributed by atoms with van der Waals surface area (Å²) in [7, 11) is 0. The Morgan fingerprint density at radius 1 is 1.20 bits per heavy atom. The van der Waals surface area contributed by atoms with Crippen molar-refractivity contribution in [3.8, 4) is 5.88 Å². The zero-order chi connectivity index (χ0) is 20.1. The van der Waals surface area contributed by atoms with Crippen LogP contribution in [0.1, 0.15) is 12.0 Å². The molecule has 162 valence electrons. The Morgan fingerprint density at radius 3 is 2.67 bits per heavy atom. The van der Waals surface area contributed by atoms with Gasteiger partial charge in [0.1, 0.15) is 11.9 Å². The van der Waals surface area contributed by atoms with Crippen LogP contribution in [0.15, 0.2) is 47.6 Å². The minimum Gasteiger partial charge on any atom is -0.472 e. The average molecular weight is 527 g/mol. The molecule has 0 bridgehead atoms. The van der Waals surface area contributed by atoms with E-state index in [9.17, 15) is 4.39 Å². The highest BCUT2D eigenvalue weighted by Crippen LogP contribution is 2.18. The number of hydrogen-bond acceptors (Lipinski definition) is 5. The Hall–Kier alpha value is -2.14. The van der Waals surface area contributed by atoms with Crippen LogP contribution in [0.4, 0.5) is 10.1 Å². The largest absolute Gasteiger partial charge is 0.472 e. The van der Waals surface area contributed by atoms with Gasteiger partial charge in [0.15, 0.2) is 5.96 Å². The van der Waals surface area contributed by atoms with Gasteiger partial charge in [-0.1, -0.05) is 0 Å². The topological polar surface area (TPSA) is 76.2 Å². The molecule has 2 aromatic rings. The van der Waals surface area contributed by atoms with Gasteiger partial charge >= 0.3 is 0 Å². The number of rotatable bonds is 5. The molecule has 1 aromatic carbocycles. The van der Waals surface area contributed by atoms with Crippen molar-refractivity contribution in [1.82, 2.24) is 9.88 Å². The third kappa shape index (κ3) is 5.94. The summed E-state index contributed by atoms with van der Waals surface area (Å²) < 4.78 is 24.3. The van der Waals surface area contributed by atoms with Gasteiger partial charge in [0.2, 0.25) is 5.88 Å². The first-order chi connectivity index (χ1) is 14.2. The number of anilines is 1. The fourth-order valence-electron chi connectivity index (χ4n) is 3.51. The first kappa shape index (κ1) is 22.5. The van der Waals surface area contributed by atoms with E-state index in [0.717, 1.165) is 50.5 Å². The number of hydrogen-bond donors (Lipinski definition) is 1. The number of nitrogens with zero attached hydrogens (tertiary/aromatic N) is 4. The first-order valence-corrected chi connectivity index (χ1v) is 9.92. The van der Waals surface area contributed by atoms with Gasteiger partial charge in [0.05, 0.1) is 19.8 Å². The van der Waals surface area contributed by atoms with E-state index in [-0.39, 0.29) is 35.9 Å². The minimum atomic E-state index is -0.218. The third-order valence-electron chi connectivity index (χ3n) is 5.19. The van der Waals surface area contributed by atoms with E-state index in [1.54, 1.807) is 6.20 Å². The fourth-order valence-corrected chi connectivity index (χ4v) is 3.51. The number of aromatic nitrogens is 1. The van der Waals surface area contributed by atoms with Gasteiger partial charge in [-0.25, -0.2) is 14.4 Å². The molecule has 0 spiro atoms. The second-order valence-electron chi connectivity index (χ2n) is 7.23. The van der Waals surface area contributed by atoms with Gasteiger partial charge in [-0.05, 0) is 35.9 Å². The molecule has 4 rings (SSSR count). The monoisotopic (exact) mass is 527 g/mol. The summed E-state index contributed by atoms with van der Waals surface area (Å²) >= 11 is 0. The fraction of sp³-hybridized carbons (Fsp3) is 0.429. The minimum absolute atomic E-state index is 0. The van der Waals surface area contributed by atoms with Gasteiger partial charge in [-0.3, -0.25) is 0 Å². The van der Waals surface area contributed by atoms with E-state index in [1.807, 2.05) is 24.3 Å². The van der Waals surface area contributed by atoms with Crippen LogP contribution < -0.4 is 15.4 Å². The summed E-state index contributed by atoms with van der Waals surface area (Å²) in [6, 6.07) is 10.4. The molecule has 2 fully saturated rings. The Balaban J connectivity index is 0.00000256. The van der Waals surface area contributed by atoms with Crippen molar-refractivity contribution < 1.29 is 13.9 Å². The summed E-state index contributed by atoms with van der Waals surface area (Å²) in [4.78, 5) is 13.1. The van der Waals surface area contributed by atoms with E-state index in [0.29, 0.717) is 25.0 Å². The first-order valence-electron chi connectivity index (χ1n) is 9.92. The number of aliphatic imine (C=N–C) groups is 1. The number of benzene rings is 1. The van der Waals surface area contributed by atoms with Crippen molar-refractivity contribution in [2.45, 2.75) is 19.1 Å². The zero-order valence-corrected chi connectivity index (χ0v) is 19.1. The standard InChI is InChI=1S/C21H26FN5O2.HI/c22-17-1-3-18(4-2-17)26-8-10-27(11-9-26)21(23)25-14-16-5-7-24-20(13-16)29-19-6-12-28-15-19;/h1-5,7,13,19H,6,8-12,14-15H2,(H2,23,25);1H. The molecule has 2 aliphatic rings. The molecule has 9 heteroatoms. The number of piperazine rings is 1. The molecule has 3 heterocycles. The average Bonchev–Trinajstić information content (AvgIpc) is 3.26. The van der Waals surface area contributed by atoms with Gasteiger partial charge in [-0.15, -0.1) is 24.0 Å². The molecule has 0 saturated carbocycles. The Kier molecular flexibility index (Phi) is 8.08. The van der Waals surface area contributed by atoms with E-state index >= 15 is 0 Å². The van der Waals surface area contributed by atoms with Crippen LogP contribution in [-0.2, 0) is 11.3 Å². The van der Waals surface area contributed by atoms with E-state index in [1.165, 1.54) is 12.1 Å². The highest BCUT2D eigenvalue weighted by Gasteiger charge is 2.19. The molecule has 2 aliphatic heterocycles. The van der Waals surface area contributed by atoms with Crippen molar-refractivity contribution in [3.63, 3.8) is 0 Å². The predicted molar refractivity (Wildman–Crippen MR) is 125 cm³/mol. The highest BCUT2D eigenvalue weighted by atomic mass is 127. The molecule has 0 amide bonds. The van der Waals surface area contributed by atoms with Gasteiger partial charge < -0.3 is 25.0 Å². The second kappa shape index (κ2) is 10.8. The molecule has 2 saturated heterocycles. The molecule has 0 aliphatic carbocycles. The van der Waals surface area contributed by atoms with Crippen LogP contribution in [0.3, 0.4) is 0 Å². The van der Waals surface area contributed by atoms with Crippen LogP contribution in [0.5, 0.6) is 5.88 Å². The van der Waals surface area contributed by atoms with E-state index < -0.39 is 0 Å². The van der Waals surface area contributed by atoms with Crippen LogP contribution in [0.2, 0.25) is 0 Å². The third-order valence-corrected chi connectivity index (χ3v) is 5.19. The van der Waals surface area contributed by atoms with Gasteiger partial charge in [0.25, 0.3) is 0 Å². The lowest BCUT2D eigenvalue weighted by atomic mass is 10.2. The van der Waals surface area contributed by atoms with Crippen molar-refractivity contribution in [2.75, 3.05) is 44.3 Å². The van der Waals surface area contributed by atoms with E-state index in [4.69, 9.17) is 15.2 Å². The highest BCUT2D eigenvalue weighted by molar-refractivity contribution is 14.0. The van der Waals surface area contributed by atoms with Crippen molar-refractivity contribution in [2.24, 2.45) is 10.7 Å². The zero-order valence-electron chi connectivity index (χ0n) is 16.7. The Labute approximate surface area is 193 Å². The van der Waals surface area contributed by atoms with Crippen molar-refractivity contribution >= 4 is 35.6 Å². The van der Waals surface area contributed by atoms with Gasteiger partial charge in [0, 0.05) is 50.6 Å². The molecule has 30 heavy (non-hydrogen) atoms. The number of guanidine groups is 1. The Morgan fingerprint density at radius 2 is 1.97 bits per heavy atom. The molecular weight excluding hydrogens is 500 g/mol. The lowest BCUT2D eigenvalue weighted by molar-refractivity contribution is 0.138. The lowest BCUT2D eigenvalue weighted by Gasteiger charge is -2.36. The SMILES string of the molecule is I.NC(=NCc1ccnc(OC2CCOC2)c1)N1CCN(c2ccc(F)cc2)CC1. The maximum atomic E-state index is 13.1. The summed E-state index contributed by atoms with van der Waals surface area (Å²) in [5, 5.41) is 0. The lowest BCUT2D eigenvalue weighted by Crippen LogP contribution is -2.51. The number of ether oxygens (including phenoxy) is 2. The van der Waals surface area contributed by atoms with Crippen LogP contribution in [0.25, 0.3) is 0 Å². The molecule has 7 nitrogen and oxygen atoms in total. The smallest absolute Gasteiger partial charge is 0.213 e. The summed E-state index contributed by atoms with van der Waals surface area (Å²) in [6.07, 6.45) is 2.69. The van der Waals surface area contributed by atoms with Gasteiger partial charge in [-0.2, -0.15) is 0 Å². The quantitative estimate of drug-likeness (QED) is 0.366. The molecule has 0 radical (unpaired) electrons. The molecule has 1 unspecified atom stereocenters. The van der Waals surface area contributed by atoms with Crippen LogP contribution in [-0.4, -0.2) is 61.3 Å². The maximum Gasteiger partial charge on any atom is 0.213 e. The van der Waals surface area contributed by atoms with Crippen LogP contribution in [0, 0.1) is 5.82 Å². The normalized spacial score (nSPS) is 19.5. The molecule has 1 atom stereocenters. The Bertz CT molecular complexity index is 838. The van der Waals surface area contributed by atoms with Crippen LogP contribution >= 0.6 is 24.0 Å². The predicted octanol–water partition coefficient (Wildman–Crippen LogP) is 2.64. The molecule has 1 aromatic heterocycles. The molecule has 2 N–H and O–H groups in total. The second-order valence-corrected chi connectivity index (χ2v) is 7.23.